The van der Waals surface area contributed by atoms with Crippen LogP contribution in [0.3, 0.4) is 0 Å². The van der Waals surface area contributed by atoms with Crippen LogP contribution in [0.5, 0.6) is 17.2 Å². The molecule has 2 N–H and O–H groups in total. The Bertz CT molecular complexity index is 998. The lowest BCUT2D eigenvalue weighted by molar-refractivity contribution is -0.143. The third-order valence-electron chi connectivity index (χ3n) is 4.76. The Labute approximate surface area is 181 Å². The number of rotatable bonds is 7. The van der Waals surface area contributed by atoms with Crippen LogP contribution in [0.2, 0.25) is 0 Å². The largest absolute Gasteiger partial charge is 0.497 e. The highest BCUT2D eigenvalue weighted by Gasteiger charge is 2.36. The van der Waals surface area contributed by atoms with Gasteiger partial charge in [0.05, 0.1) is 44.7 Å². The Hall–Kier alpha value is -3.68. The van der Waals surface area contributed by atoms with Crippen LogP contribution in [0.1, 0.15) is 31.0 Å². The molecule has 0 aromatic heterocycles. The van der Waals surface area contributed by atoms with Gasteiger partial charge in [-0.1, -0.05) is 0 Å². The summed E-state index contributed by atoms with van der Waals surface area (Å²) in [7, 11) is 4.63. The monoisotopic (exact) mass is 426 g/mol. The Morgan fingerprint density at radius 2 is 1.58 bits per heavy atom. The number of hydrogen-bond acceptors (Lipinski definition) is 6. The average molecular weight is 426 g/mol. The van der Waals surface area contributed by atoms with E-state index in [0.717, 1.165) is 0 Å². The van der Waals surface area contributed by atoms with Gasteiger partial charge in [0.15, 0.2) is 0 Å². The number of carbonyl (C=O) groups is 2. The molecule has 1 unspecified atom stereocenters. The minimum Gasteiger partial charge on any atom is -0.497 e. The van der Waals surface area contributed by atoms with Crippen molar-refractivity contribution >= 4 is 17.7 Å². The number of benzene rings is 2. The van der Waals surface area contributed by atoms with E-state index in [1.54, 1.807) is 70.5 Å². The van der Waals surface area contributed by atoms with Gasteiger partial charge in [-0.05, 0) is 61.9 Å². The zero-order valence-corrected chi connectivity index (χ0v) is 18.1. The summed E-state index contributed by atoms with van der Waals surface area (Å²) < 4.78 is 21.6. The zero-order valence-electron chi connectivity index (χ0n) is 18.1. The molecule has 1 atom stereocenters. The average Bonchev–Trinajstić information content (AvgIpc) is 2.77. The number of ether oxygens (including phenoxy) is 4. The summed E-state index contributed by atoms with van der Waals surface area (Å²) in [5.41, 5.74) is 1.81. The fourth-order valence-corrected chi connectivity index (χ4v) is 3.35. The number of esters is 1. The highest BCUT2D eigenvalue weighted by molar-refractivity contribution is 6.04. The van der Waals surface area contributed by atoms with Gasteiger partial charge in [-0.3, -0.25) is 0 Å². The molecule has 0 aliphatic carbocycles. The van der Waals surface area contributed by atoms with Gasteiger partial charge in [-0.2, -0.15) is 0 Å². The van der Waals surface area contributed by atoms with E-state index >= 15 is 0 Å². The van der Waals surface area contributed by atoms with Crippen molar-refractivity contribution in [2.45, 2.75) is 26.0 Å². The van der Waals surface area contributed by atoms with Crippen LogP contribution in [0.4, 0.5) is 4.79 Å². The van der Waals surface area contributed by atoms with Crippen LogP contribution in [-0.2, 0) is 9.53 Å². The third-order valence-corrected chi connectivity index (χ3v) is 4.76. The molecule has 0 bridgehead atoms. The molecule has 0 saturated carbocycles. The first-order chi connectivity index (χ1) is 14.9. The number of carbonyl (C=O) groups excluding carboxylic acids is 2. The summed E-state index contributed by atoms with van der Waals surface area (Å²) in [6, 6.07) is 11.0. The summed E-state index contributed by atoms with van der Waals surface area (Å²) in [4.78, 5) is 25.8. The number of hydrogen-bond donors (Lipinski definition) is 2. The smallest absolute Gasteiger partial charge is 0.338 e. The standard InChI is InChI=1S/C23H26N2O6/c1-13(2)31-22(26)19-20(14-6-8-15(28-3)9-7-14)24-23(27)25-21(19)17-12-16(29-4)10-11-18(17)30-5/h6-13,21H,1-5H3,(H2,24,25,27). The number of nitrogens with one attached hydrogen (secondary N) is 2. The van der Waals surface area contributed by atoms with E-state index in [4.69, 9.17) is 18.9 Å². The summed E-state index contributed by atoms with van der Waals surface area (Å²) in [5.74, 6) is 1.16. The maximum Gasteiger partial charge on any atom is 0.338 e. The summed E-state index contributed by atoms with van der Waals surface area (Å²) in [6.07, 6.45) is -0.345. The van der Waals surface area contributed by atoms with Crippen LogP contribution in [0.25, 0.3) is 5.70 Å². The molecule has 0 radical (unpaired) electrons. The Morgan fingerprint density at radius 1 is 0.935 bits per heavy atom. The van der Waals surface area contributed by atoms with Gasteiger partial charge in [-0.25, -0.2) is 9.59 Å². The molecule has 2 aromatic carbocycles. The molecule has 2 aromatic rings. The SMILES string of the molecule is COc1ccc(C2=C(C(=O)OC(C)C)C(c3cc(OC)ccc3OC)NC(=O)N2)cc1. The highest BCUT2D eigenvalue weighted by atomic mass is 16.5. The van der Waals surface area contributed by atoms with Gasteiger partial charge in [0, 0.05) is 5.56 Å². The third kappa shape index (κ3) is 4.74. The first kappa shape index (κ1) is 22.0. The van der Waals surface area contributed by atoms with Crippen LogP contribution in [0, 0.1) is 0 Å². The van der Waals surface area contributed by atoms with Crippen molar-refractivity contribution in [2.24, 2.45) is 0 Å². The summed E-state index contributed by atoms with van der Waals surface area (Å²) in [6.45, 7) is 3.53. The van der Waals surface area contributed by atoms with Gasteiger partial charge in [0.2, 0.25) is 0 Å². The summed E-state index contributed by atoms with van der Waals surface area (Å²) in [5, 5.41) is 5.57. The highest BCUT2D eigenvalue weighted by Crippen LogP contribution is 2.38. The molecule has 3 rings (SSSR count). The number of methoxy groups -OCH3 is 3. The van der Waals surface area contributed by atoms with Crippen molar-refractivity contribution in [2.75, 3.05) is 21.3 Å². The quantitative estimate of drug-likeness (QED) is 0.659. The van der Waals surface area contributed by atoms with Crippen molar-refractivity contribution < 1.29 is 28.5 Å². The molecule has 2 amide bonds. The van der Waals surface area contributed by atoms with Gasteiger partial charge >= 0.3 is 12.0 Å². The second-order valence-electron chi connectivity index (χ2n) is 7.11. The van der Waals surface area contributed by atoms with Crippen molar-refractivity contribution in [1.29, 1.82) is 0 Å². The summed E-state index contributed by atoms with van der Waals surface area (Å²) >= 11 is 0. The van der Waals surface area contributed by atoms with Crippen molar-refractivity contribution in [1.82, 2.24) is 10.6 Å². The van der Waals surface area contributed by atoms with Crippen molar-refractivity contribution in [3.8, 4) is 17.2 Å². The van der Waals surface area contributed by atoms with E-state index in [9.17, 15) is 9.59 Å². The van der Waals surface area contributed by atoms with Crippen LogP contribution >= 0.6 is 0 Å². The normalized spacial score (nSPS) is 15.8. The van der Waals surface area contributed by atoms with E-state index in [1.807, 2.05) is 0 Å². The molecule has 164 valence electrons. The minimum atomic E-state index is -0.817. The molecule has 0 fully saturated rings. The van der Waals surface area contributed by atoms with Gasteiger partial charge < -0.3 is 29.6 Å². The van der Waals surface area contributed by atoms with E-state index < -0.39 is 18.0 Å². The predicted molar refractivity (Wildman–Crippen MR) is 115 cm³/mol. The molecule has 0 saturated heterocycles. The second-order valence-corrected chi connectivity index (χ2v) is 7.11. The fraction of sp³-hybridized carbons (Fsp3) is 0.304. The molecule has 1 aliphatic rings. The Kier molecular flexibility index (Phi) is 6.69. The van der Waals surface area contributed by atoms with E-state index in [1.165, 1.54) is 7.11 Å². The minimum absolute atomic E-state index is 0.255. The van der Waals surface area contributed by atoms with E-state index in [0.29, 0.717) is 34.1 Å². The molecule has 0 spiro atoms. The lowest BCUT2D eigenvalue weighted by Gasteiger charge is -2.31. The zero-order chi connectivity index (χ0) is 22.5. The maximum absolute atomic E-state index is 13.2. The van der Waals surface area contributed by atoms with Crippen molar-refractivity contribution in [3.63, 3.8) is 0 Å². The maximum atomic E-state index is 13.2. The van der Waals surface area contributed by atoms with Gasteiger partial charge in [-0.15, -0.1) is 0 Å². The van der Waals surface area contributed by atoms with Gasteiger partial charge in [0.25, 0.3) is 0 Å². The van der Waals surface area contributed by atoms with Crippen LogP contribution in [-0.4, -0.2) is 39.4 Å². The molecular formula is C23H26N2O6. The first-order valence-corrected chi connectivity index (χ1v) is 9.77. The molecule has 1 heterocycles. The lowest BCUT2D eigenvalue weighted by atomic mass is 9.92. The first-order valence-electron chi connectivity index (χ1n) is 9.77. The number of urea groups is 1. The number of amides is 2. The van der Waals surface area contributed by atoms with Crippen molar-refractivity contribution in [3.05, 3.63) is 59.2 Å². The Morgan fingerprint density at radius 3 is 2.16 bits per heavy atom. The van der Waals surface area contributed by atoms with E-state index in [2.05, 4.69) is 10.6 Å². The molecule has 31 heavy (non-hydrogen) atoms. The van der Waals surface area contributed by atoms with E-state index in [-0.39, 0.29) is 11.7 Å². The molecule has 8 nitrogen and oxygen atoms in total. The fourth-order valence-electron chi connectivity index (χ4n) is 3.35. The molecule has 1 aliphatic heterocycles. The van der Waals surface area contributed by atoms with Crippen LogP contribution in [0.15, 0.2) is 48.0 Å². The second kappa shape index (κ2) is 9.42. The lowest BCUT2D eigenvalue weighted by Crippen LogP contribution is -2.45. The molecular weight excluding hydrogens is 400 g/mol. The molecule has 8 heteroatoms. The topological polar surface area (TPSA) is 95.1 Å². The Balaban J connectivity index is 2.23. The van der Waals surface area contributed by atoms with Gasteiger partial charge in [0.1, 0.15) is 17.2 Å². The predicted octanol–water partition coefficient (Wildman–Crippen LogP) is 3.43. The van der Waals surface area contributed by atoms with Crippen LogP contribution < -0.4 is 24.8 Å².